The van der Waals surface area contributed by atoms with Gasteiger partial charge in [0.2, 0.25) is 5.95 Å². The fraction of sp³-hybridized carbons (Fsp3) is 0.278. The molecule has 27 heavy (non-hydrogen) atoms. The number of nitrogens with one attached hydrogen (secondary N) is 1. The molecule has 0 radical (unpaired) electrons. The summed E-state index contributed by atoms with van der Waals surface area (Å²) in [6, 6.07) is 8.94. The summed E-state index contributed by atoms with van der Waals surface area (Å²) in [6.45, 7) is 2.38. The van der Waals surface area contributed by atoms with Crippen molar-refractivity contribution in [2.75, 3.05) is 24.7 Å². The van der Waals surface area contributed by atoms with Gasteiger partial charge in [-0.25, -0.2) is 4.98 Å². The highest BCUT2D eigenvalue weighted by Crippen LogP contribution is 2.22. The Hall–Kier alpha value is -3.07. The first-order valence-electron chi connectivity index (χ1n) is 8.48. The lowest BCUT2D eigenvalue weighted by Crippen LogP contribution is -2.22. The van der Waals surface area contributed by atoms with Gasteiger partial charge in [-0.15, -0.1) is 10.2 Å². The largest absolute Gasteiger partial charge is 0.384 e. The third-order valence-electron chi connectivity index (χ3n) is 3.77. The summed E-state index contributed by atoms with van der Waals surface area (Å²) in [6.07, 6.45) is 0.838. The Morgan fingerprint density at radius 1 is 1.19 bits per heavy atom. The number of hydrogen-bond acceptors (Lipinski definition) is 8. The van der Waals surface area contributed by atoms with Crippen LogP contribution in [0.2, 0.25) is 0 Å². The maximum absolute atomic E-state index is 12.5. The average Bonchev–Trinajstić information content (AvgIpc) is 3.14. The van der Waals surface area contributed by atoms with Crippen LogP contribution >= 0.6 is 11.3 Å². The Morgan fingerprint density at radius 2 is 1.96 bits per heavy atom. The zero-order valence-electron chi connectivity index (χ0n) is 15.4. The maximum Gasteiger partial charge on any atom is 0.251 e. The molecule has 3 aromatic rings. The Labute approximate surface area is 161 Å². The van der Waals surface area contributed by atoms with Crippen LogP contribution in [0.1, 0.15) is 27.3 Å². The van der Waals surface area contributed by atoms with Gasteiger partial charge in [-0.2, -0.15) is 4.98 Å². The Morgan fingerprint density at radius 3 is 2.67 bits per heavy atom. The predicted octanol–water partition coefficient (Wildman–Crippen LogP) is 2.14. The second-order valence-electron chi connectivity index (χ2n) is 6.08. The molecule has 1 aromatic carbocycles. The van der Waals surface area contributed by atoms with Crippen molar-refractivity contribution in [1.82, 2.24) is 25.5 Å². The minimum atomic E-state index is -0.181. The molecule has 2 aromatic heterocycles. The standard InChI is InChI=1S/C18H21N7OS/c1-4-15-23-24-16(27-15)10-20-17(26)12-7-5-6-11(8-12)13-9-14(19)22-18(21-13)25(2)3/h5-9H,4,10H2,1-3H3,(H,20,26)(H2,19,21,22). The number of aromatic nitrogens is 4. The molecule has 0 spiro atoms. The highest BCUT2D eigenvalue weighted by atomic mass is 32.1. The number of benzene rings is 1. The molecule has 2 heterocycles. The molecule has 0 aliphatic rings. The first-order valence-corrected chi connectivity index (χ1v) is 9.29. The maximum atomic E-state index is 12.5. The lowest BCUT2D eigenvalue weighted by atomic mass is 10.1. The number of nitrogens with zero attached hydrogens (tertiary/aromatic N) is 5. The molecule has 0 bridgehead atoms. The van der Waals surface area contributed by atoms with Gasteiger partial charge in [-0.05, 0) is 18.6 Å². The van der Waals surface area contributed by atoms with Crippen molar-refractivity contribution >= 4 is 29.0 Å². The Bertz CT molecular complexity index is 954. The fourth-order valence-corrected chi connectivity index (χ4v) is 3.11. The molecular formula is C18H21N7OS. The van der Waals surface area contributed by atoms with E-state index >= 15 is 0 Å². The van der Waals surface area contributed by atoms with Gasteiger partial charge in [0.15, 0.2) is 0 Å². The lowest BCUT2D eigenvalue weighted by Gasteiger charge is -2.12. The molecule has 8 nitrogen and oxygen atoms in total. The van der Waals surface area contributed by atoms with Crippen molar-refractivity contribution < 1.29 is 4.79 Å². The van der Waals surface area contributed by atoms with Crippen LogP contribution < -0.4 is 16.0 Å². The number of aryl methyl sites for hydroxylation is 1. The second kappa shape index (κ2) is 8.09. The number of amides is 1. The minimum absolute atomic E-state index is 0.181. The van der Waals surface area contributed by atoms with E-state index in [1.165, 1.54) is 11.3 Å². The molecular weight excluding hydrogens is 362 g/mol. The van der Waals surface area contributed by atoms with Gasteiger partial charge >= 0.3 is 0 Å². The van der Waals surface area contributed by atoms with Crippen LogP contribution in [0.4, 0.5) is 11.8 Å². The van der Waals surface area contributed by atoms with Gasteiger partial charge in [0.05, 0.1) is 12.2 Å². The van der Waals surface area contributed by atoms with Gasteiger partial charge in [0, 0.05) is 31.3 Å². The van der Waals surface area contributed by atoms with Crippen LogP contribution in [-0.4, -0.2) is 40.2 Å². The fourth-order valence-electron chi connectivity index (χ4n) is 2.38. The third kappa shape index (κ3) is 4.56. The van der Waals surface area contributed by atoms with Gasteiger partial charge in [0.25, 0.3) is 5.91 Å². The zero-order chi connectivity index (χ0) is 19.4. The first kappa shape index (κ1) is 18.7. The third-order valence-corrected chi connectivity index (χ3v) is 4.83. The SMILES string of the molecule is CCc1nnc(CNC(=O)c2cccc(-c3cc(N)nc(N(C)C)n3)c2)s1. The normalized spacial score (nSPS) is 10.6. The van der Waals surface area contributed by atoms with Gasteiger partial charge in [-0.3, -0.25) is 4.79 Å². The van der Waals surface area contributed by atoms with E-state index < -0.39 is 0 Å². The number of hydrogen-bond donors (Lipinski definition) is 2. The van der Waals surface area contributed by atoms with Crippen molar-refractivity contribution in [2.45, 2.75) is 19.9 Å². The first-order chi connectivity index (χ1) is 13.0. The minimum Gasteiger partial charge on any atom is -0.384 e. The van der Waals surface area contributed by atoms with E-state index in [0.717, 1.165) is 22.0 Å². The zero-order valence-corrected chi connectivity index (χ0v) is 16.2. The monoisotopic (exact) mass is 383 g/mol. The summed E-state index contributed by atoms with van der Waals surface area (Å²) in [7, 11) is 3.69. The van der Waals surface area contributed by atoms with E-state index in [9.17, 15) is 4.79 Å². The number of anilines is 2. The molecule has 3 N–H and O–H groups in total. The van der Waals surface area contributed by atoms with Crippen LogP contribution in [0.25, 0.3) is 11.3 Å². The molecule has 0 saturated carbocycles. The molecule has 9 heteroatoms. The molecule has 0 atom stereocenters. The number of nitrogen functional groups attached to an aromatic ring is 1. The molecule has 0 saturated heterocycles. The number of rotatable bonds is 6. The number of nitrogens with two attached hydrogens (primary N) is 1. The number of carbonyl (C=O) groups excluding carboxylic acids is 1. The summed E-state index contributed by atoms with van der Waals surface area (Å²) < 4.78 is 0. The lowest BCUT2D eigenvalue weighted by molar-refractivity contribution is 0.0951. The molecule has 0 fully saturated rings. The number of carbonyl (C=O) groups is 1. The van der Waals surface area contributed by atoms with Crippen molar-refractivity contribution in [3.05, 3.63) is 45.9 Å². The van der Waals surface area contributed by atoms with Gasteiger partial charge in [0.1, 0.15) is 15.8 Å². The summed E-state index contributed by atoms with van der Waals surface area (Å²) in [4.78, 5) is 23.0. The van der Waals surface area contributed by atoms with Gasteiger partial charge < -0.3 is 16.0 Å². The highest BCUT2D eigenvalue weighted by molar-refractivity contribution is 7.11. The summed E-state index contributed by atoms with van der Waals surface area (Å²) in [5.74, 6) is 0.712. The molecule has 140 valence electrons. The quantitative estimate of drug-likeness (QED) is 0.671. The predicted molar refractivity (Wildman–Crippen MR) is 107 cm³/mol. The summed E-state index contributed by atoms with van der Waals surface area (Å²) in [5.41, 5.74) is 7.89. The van der Waals surface area contributed by atoms with Crippen molar-refractivity contribution in [3.63, 3.8) is 0 Å². The van der Waals surface area contributed by atoms with Crippen molar-refractivity contribution in [2.24, 2.45) is 0 Å². The van der Waals surface area contributed by atoms with E-state index in [2.05, 4.69) is 25.5 Å². The van der Waals surface area contributed by atoms with E-state index in [1.54, 1.807) is 23.1 Å². The topological polar surface area (TPSA) is 110 Å². The molecule has 0 aliphatic carbocycles. The second-order valence-corrected chi connectivity index (χ2v) is 7.23. The smallest absolute Gasteiger partial charge is 0.251 e. The Balaban J connectivity index is 1.77. The molecule has 0 unspecified atom stereocenters. The van der Waals surface area contributed by atoms with E-state index in [0.29, 0.717) is 29.6 Å². The van der Waals surface area contributed by atoms with Crippen LogP contribution in [0.3, 0.4) is 0 Å². The highest BCUT2D eigenvalue weighted by Gasteiger charge is 2.11. The average molecular weight is 383 g/mol. The van der Waals surface area contributed by atoms with Crippen LogP contribution in [-0.2, 0) is 13.0 Å². The van der Waals surface area contributed by atoms with Gasteiger partial charge in [-0.1, -0.05) is 30.4 Å². The van der Waals surface area contributed by atoms with Crippen molar-refractivity contribution in [1.29, 1.82) is 0 Å². The molecule has 0 aliphatic heterocycles. The van der Waals surface area contributed by atoms with Crippen molar-refractivity contribution in [3.8, 4) is 11.3 Å². The van der Waals surface area contributed by atoms with E-state index in [4.69, 9.17) is 5.73 Å². The van der Waals surface area contributed by atoms with Crippen LogP contribution in [0, 0.1) is 0 Å². The Kier molecular flexibility index (Phi) is 5.60. The summed E-state index contributed by atoms with van der Waals surface area (Å²) >= 11 is 1.50. The van der Waals surface area contributed by atoms with E-state index in [1.807, 2.05) is 33.2 Å². The molecule has 3 rings (SSSR count). The summed E-state index contributed by atoms with van der Waals surface area (Å²) in [5, 5.41) is 12.7. The van der Waals surface area contributed by atoms with Crippen LogP contribution in [0.15, 0.2) is 30.3 Å². The van der Waals surface area contributed by atoms with Crippen LogP contribution in [0.5, 0.6) is 0 Å². The van der Waals surface area contributed by atoms with E-state index in [-0.39, 0.29) is 5.91 Å². The molecule has 1 amide bonds.